The molecule has 2 N–H and O–H groups in total. The molecule has 0 aliphatic rings. The number of aromatic carboxylic acids is 1. The Bertz CT molecular complexity index is 738. The normalized spacial score (nSPS) is 11.3. The molecule has 0 amide bonds. The number of aromatic nitrogens is 2. The third-order valence-electron chi connectivity index (χ3n) is 2.49. The number of hydrogen-bond donors (Lipinski definition) is 2. The summed E-state index contributed by atoms with van der Waals surface area (Å²) in [5, 5.41) is 11.5. The second kappa shape index (κ2) is 5.98. The fraction of sp³-hybridized carbons (Fsp3) is 0.0833. The number of nitrogens with zero attached hydrogens (tertiary/aromatic N) is 2. The van der Waals surface area contributed by atoms with Gasteiger partial charge in [-0.2, -0.15) is 13.2 Å². The van der Waals surface area contributed by atoms with Crippen LogP contribution in [0.15, 0.2) is 24.4 Å². The van der Waals surface area contributed by atoms with E-state index in [0.29, 0.717) is 6.20 Å². The van der Waals surface area contributed by atoms with Gasteiger partial charge in [-0.25, -0.2) is 14.8 Å². The number of halogens is 5. The van der Waals surface area contributed by atoms with Gasteiger partial charge in [0, 0.05) is 6.20 Å². The number of carbonyl (C=O) groups is 1. The molecule has 116 valence electrons. The van der Waals surface area contributed by atoms with Crippen LogP contribution in [-0.2, 0) is 6.18 Å². The first-order valence-corrected chi connectivity index (χ1v) is 6.34. The molecule has 0 saturated heterocycles. The van der Waals surface area contributed by atoms with Gasteiger partial charge in [-0.15, -0.1) is 0 Å². The van der Waals surface area contributed by atoms with E-state index in [0.717, 1.165) is 0 Å². The first-order valence-electron chi connectivity index (χ1n) is 5.58. The molecule has 22 heavy (non-hydrogen) atoms. The SMILES string of the molecule is O=C(O)c1cnc(Nc2cccc(Cl)c2Cl)nc1C(F)(F)F. The Hall–Kier alpha value is -2.06. The highest BCUT2D eigenvalue weighted by molar-refractivity contribution is 6.43. The summed E-state index contributed by atoms with van der Waals surface area (Å²) in [5.41, 5.74) is -2.42. The predicted octanol–water partition coefficient (Wildman–Crippen LogP) is 4.24. The van der Waals surface area contributed by atoms with Gasteiger partial charge in [-0.05, 0) is 12.1 Å². The predicted molar refractivity (Wildman–Crippen MR) is 73.7 cm³/mol. The number of hydrogen-bond acceptors (Lipinski definition) is 4. The zero-order chi connectivity index (χ0) is 16.5. The van der Waals surface area contributed by atoms with E-state index in [9.17, 15) is 18.0 Å². The first kappa shape index (κ1) is 16.3. The Labute approximate surface area is 131 Å². The molecule has 0 radical (unpaired) electrons. The molecule has 1 heterocycles. The lowest BCUT2D eigenvalue weighted by Gasteiger charge is -2.12. The Kier molecular flexibility index (Phi) is 4.43. The molecule has 0 saturated carbocycles. The number of benzene rings is 1. The maximum atomic E-state index is 12.8. The highest BCUT2D eigenvalue weighted by Crippen LogP contribution is 2.33. The van der Waals surface area contributed by atoms with Crippen molar-refractivity contribution in [2.75, 3.05) is 5.32 Å². The molecule has 0 bridgehead atoms. The number of anilines is 2. The van der Waals surface area contributed by atoms with Crippen molar-refractivity contribution in [1.29, 1.82) is 0 Å². The van der Waals surface area contributed by atoms with Crippen molar-refractivity contribution in [3.8, 4) is 0 Å². The van der Waals surface area contributed by atoms with Gasteiger partial charge >= 0.3 is 12.1 Å². The molecule has 5 nitrogen and oxygen atoms in total. The van der Waals surface area contributed by atoms with Crippen molar-refractivity contribution in [2.45, 2.75) is 6.18 Å². The molecular weight excluding hydrogens is 346 g/mol. The third-order valence-corrected chi connectivity index (χ3v) is 3.30. The average molecular weight is 352 g/mol. The van der Waals surface area contributed by atoms with Crippen LogP contribution in [0.2, 0.25) is 10.0 Å². The number of rotatable bonds is 3. The summed E-state index contributed by atoms with van der Waals surface area (Å²) in [7, 11) is 0. The average Bonchev–Trinajstić information content (AvgIpc) is 2.42. The topological polar surface area (TPSA) is 75.1 Å². The van der Waals surface area contributed by atoms with Gasteiger partial charge in [-0.1, -0.05) is 29.3 Å². The highest BCUT2D eigenvalue weighted by Gasteiger charge is 2.38. The summed E-state index contributed by atoms with van der Waals surface area (Å²) < 4.78 is 38.5. The van der Waals surface area contributed by atoms with Crippen LogP contribution in [0, 0.1) is 0 Å². The van der Waals surface area contributed by atoms with Crippen LogP contribution in [-0.4, -0.2) is 21.0 Å². The van der Waals surface area contributed by atoms with Crippen molar-refractivity contribution in [1.82, 2.24) is 9.97 Å². The van der Waals surface area contributed by atoms with Crippen LogP contribution >= 0.6 is 23.2 Å². The first-order chi connectivity index (χ1) is 10.2. The molecular formula is C12H6Cl2F3N3O2. The minimum Gasteiger partial charge on any atom is -0.478 e. The van der Waals surface area contributed by atoms with Crippen LogP contribution in [0.3, 0.4) is 0 Å². The van der Waals surface area contributed by atoms with Gasteiger partial charge in [0.25, 0.3) is 0 Å². The number of carboxylic acids is 1. The van der Waals surface area contributed by atoms with E-state index in [2.05, 4.69) is 15.3 Å². The van der Waals surface area contributed by atoms with Crippen LogP contribution < -0.4 is 5.32 Å². The van der Waals surface area contributed by atoms with Crippen molar-refractivity contribution >= 4 is 40.8 Å². The van der Waals surface area contributed by atoms with E-state index in [-0.39, 0.29) is 15.7 Å². The minimum absolute atomic E-state index is 0.0728. The Morgan fingerprint density at radius 2 is 1.95 bits per heavy atom. The van der Waals surface area contributed by atoms with Crippen molar-refractivity contribution in [3.05, 3.63) is 45.7 Å². The van der Waals surface area contributed by atoms with Crippen LogP contribution in [0.4, 0.5) is 24.8 Å². The number of alkyl halides is 3. The lowest BCUT2D eigenvalue weighted by atomic mass is 10.2. The molecule has 0 atom stereocenters. The van der Waals surface area contributed by atoms with E-state index < -0.39 is 29.4 Å². The van der Waals surface area contributed by atoms with Gasteiger partial charge in [0.05, 0.1) is 15.7 Å². The summed E-state index contributed by atoms with van der Waals surface area (Å²) in [5.74, 6) is -2.24. The molecule has 2 aromatic rings. The van der Waals surface area contributed by atoms with Crippen LogP contribution in [0.25, 0.3) is 0 Å². The smallest absolute Gasteiger partial charge is 0.434 e. The maximum absolute atomic E-state index is 12.8. The standard InChI is InChI=1S/C12H6Cl2F3N3O2/c13-6-2-1-3-7(8(6)14)19-11-18-4-5(10(21)22)9(20-11)12(15,16)17/h1-4H,(H,21,22)(H,18,19,20). The summed E-state index contributed by atoms with van der Waals surface area (Å²) in [4.78, 5) is 17.5. The molecule has 0 unspecified atom stereocenters. The van der Waals surface area contributed by atoms with Gasteiger partial charge in [-0.3, -0.25) is 0 Å². The lowest BCUT2D eigenvalue weighted by Crippen LogP contribution is -2.17. The van der Waals surface area contributed by atoms with Gasteiger partial charge in [0.1, 0.15) is 5.56 Å². The molecule has 2 rings (SSSR count). The Morgan fingerprint density at radius 3 is 2.55 bits per heavy atom. The molecule has 10 heteroatoms. The van der Waals surface area contributed by atoms with Gasteiger partial charge in [0.15, 0.2) is 5.69 Å². The highest BCUT2D eigenvalue weighted by atomic mass is 35.5. The molecule has 1 aromatic heterocycles. The quantitative estimate of drug-likeness (QED) is 0.864. The van der Waals surface area contributed by atoms with E-state index in [4.69, 9.17) is 28.3 Å². The van der Waals surface area contributed by atoms with E-state index in [1.54, 1.807) is 0 Å². The van der Waals surface area contributed by atoms with Crippen molar-refractivity contribution in [2.24, 2.45) is 0 Å². The maximum Gasteiger partial charge on any atom is 0.434 e. The van der Waals surface area contributed by atoms with E-state index >= 15 is 0 Å². The third kappa shape index (κ3) is 3.40. The minimum atomic E-state index is -4.94. The van der Waals surface area contributed by atoms with Gasteiger partial charge in [0.2, 0.25) is 5.95 Å². The summed E-state index contributed by atoms with van der Waals surface area (Å²) in [6.07, 6.45) is -4.37. The van der Waals surface area contributed by atoms with Crippen molar-refractivity contribution in [3.63, 3.8) is 0 Å². The fourth-order valence-electron chi connectivity index (χ4n) is 1.54. The monoisotopic (exact) mass is 351 g/mol. The number of nitrogens with one attached hydrogen (secondary N) is 1. The second-order valence-electron chi connectivity index (χ2n) is 3.99. The molecule has 1 aromatic carbocycles. The second-order valence-corrected chi connectivity index (χ2v) is 4.77. The zero-order valence-electron chi connectivity index (χ0n) is 10.4. The van der Waals surface area contributed by atoms with E-state index in [1.165, 1.54) is 18.2 Å². The summed E-state index contributed by atoms with van der Waals surface area (Å²) in [6.45, 7) is 0. The van der Waals surface area contributed by atoms with Crippen molar-refractivity contribution < 1.29 is 23.1 Å². The zero-order valence-corrected chi connectivity index (χ0v) is 12.0. The van der Waals surface area contributed by atoms with Crippen LogP contribution in [0.1, 0.15) is 16.1 Å². The molecule has 0 fully saturated rings. The lowest BCUT2D eigenvalue weighted by molar-refractivity contribution is -0.141. The molecule has 0 aliphatic heterocycles. The molecule has 0 aliphatic carbocycles. The molecule has 0 spiro atoms. The van der Waals surface area contributed by atoms with Gasteiger partial charge < -0.3 is 10.4 Å². The summed E-state index contributed by atoms with van der Waals surface area (Å²) >= 11 is 11.7. The Balaban J connectivity index is 2.45. The Morgan fingerprint density at radius 1 is 1.27 bits per heavy atom. The number of carboxylic acid groups (broad SMARTS) is 1. The largest absolute Gasteiger partial charge is 0.478 e. The summed E-state index contributed by atoms with van der Waals surface area (Å²) in [6, 6.07) is 4.47. The fourth-order valence-corrected chi connectivity index (χ4v) is 1.88. The van der Waals surface area contributed by atoms with E-state index in [1.807, 2.05) is 0 Å². The van der Waals surface area contributed by atoms with Crippen LogP contribution in [0.5, 0.6) is 0 Å².